The van der Waals surface area contributed by atoms with Crippen LogP contribution in [0.2, 0.25) is 0 Å². The van der Waals surface area contributed by atoms with Crippen molar-refractivity contribution >= 4 is 11.7 Å². The van der Waals surface area contributed by atoms with Crippen molar-refractivity contribution in [2.75, 3.05) is 0 Å². The molecule has 4 N–H and O–H groups in total. The second-order valence-corrected chi connectivity index (χ2v) is 4.34. The largest absolute Gasteiger partial charge is 0.409 e. The van der Waals surface area contributed by atoms with E-state index in [0.29, 0.717) is 17.7 Å². The summed E-state index contributed by atoms with van der Waals surface area (Å²) in [6.45, 7) is 5.41. The Balaban J connectivity index is 2.77. The third-order valence-electron chi connectivity index (χ3n) is 2.76. The van der Waals surface area contributed by atoms with E-state index in [1.807, 2.05) is 6.92 Å². The van der Waals surface area contributed by atoms with Gasteiger partial charge in [0.25, 0.3) is 5.91 Å². The number of nitrogens with two attached hydrogens (primary N) is 1. The zero-order chi connectivity index (χ0) is 13.9. The van der Waals surface area contributed by atoms with Crippen LogP contribution in [-0.4, -0.2) is 32.8 Å². The molecule has 0 aliphatic rings. The summed E-state index contributed by atoms with van der Waals surface area (Å²) in [6, 6.07) is -0.215. The van der Waals surface area contributed by atoms with E-state index < -0.39 is 0 Å². The van der Waals surface area contributed by atoms with Crippen molar-refractivity contribution < 1.29 is 10.0 Å². The molecule has 0 fully saturated rings. The van der Waals surface area contributed by atoms with Gasteiger partial charge in [0.15, 0.2) is 0 Å². The summed E-state index contributed by atoms with van der Waals surface area (Å²) in [6.07, 6.45) is 0.292. The lowest BCUT2D eigenvalue weighted by Gasteiger charge is -2.13. The summed E-state index contributed by atoms with van der Waals surface area (Å²) in [5.74, 6) is -0.112. The van der Waals surface area contributed by atoms with E-state index in [4.69, 9.17) is 10.9 Å². The monoisotopic (exact) mass is 253 g/mol. The molecule has 7 heteroatoms. The van der Waals surface area contributed by atoms with Gasteiger partial charge in [-0.3, -0.25) is 9.48 Å². The van der Waals surface area contributed by atoms with Crippen LogP contribution in [0.25, 0.3) is 0 Å². The molecule has 0 radical (unpaired) electrons. The van der Waals surface area contributed by atoms with Crippen LogP contribution < -0.4 is 11.1 Å². The molecule has 7 nitrogen and oxygen atoms in total. The molecule has 0 saturated heterocycles. The highest BCUT2D eigenvalue weighted by Crippen LogP contribution is 2.11. The highest BCUT2D eigenvalue weighted by molar-refractivity contribution is 5.96. The number of oxime groups is 1. The van der Waals surface area contributed by atoms with Crippen LogP contribution >= 0.6 is 0 Å². The normalized spacial score (nSPS) is 13.4. The quantitative estimate of drug-likeness (QED) is 0.310. The number of hydrogen-bond acceptors (Lipinski definition) is 4. The number of carbonyl (C=O) groups is 1. The molecule has 1 atom stereocenters. The third-order valence-corrected chi connectivity index (χ3v) is 2.76. The lowest BCUT2D eigenvalue weighted by atomic mass is 10.1. The van der Waals surface area contributed by atoms with Gasteiger partial charge in [0.05, 0.1) is 11.3 Å². The van der Waals surface area contributed by atoms with Crippen LogP contribution in [0.1, 0.15) is 35.1 Å². The van der Waals surface area contributed by atoms with Gasteiger partial charge in [0, 0.05) is 25.2 Å². The maximum absolute atomic E-state index is 12.1. The van der Waals surface area contributed by atoms with E-state index in [-0.39, 0.29) is 17.8 Å². The number of nitrogens with zero attached hydrogens (tertiary/aromatic N) is 3. The molecule has 0 saturated carbocycles. The number of aryl methyl sites for hydroxylation is 2. The number of amides is 1. The first kappa shape index (κ1) is 14.0. The Morgan fingerprint density at radius 2 is 2.22 bits per heavy atom. The van der Waals surface area contributed by atoms with Crippen LogP contribution in [0.3, 0.4) is 0 Å². The Labute approximate surface area is 106 Å². The minimum atomic E-state index is -0.215. The summed E-state index contributed by atoms with van der Waals surface area (Å²) in [4.78, 5) is 12.1. The van der Waals surface area contributed by atoms with Crippen molar-refractivity contribution in [2.45, 2.75) is 33.2 Å². The highest BCUT2D eigenvalue weighted by atomic mass is 16.4. The molecule has 1 heterocycles. The van der Waals surface area contributed by atoms with Gasteiger partial charge in [-0.15, -0.1) is 0 Å². The van der Waals surface area contributed by atoms with E-state index in [1.54, 1.807) is 25.6 Å². The number of hydrogen-bond donors (Lipinski definition) is 3. The topological polar surface area (TPSA) is 106 Å². The van der Waals surface area contributed by atoms with Gasteiger partial charge in [-0.1, -0.05) is 5.16 Å². The second kappa shape index (κ2) is 5.52. The summed E-state index contributed by atoms with van der Waals surface area (Å²) >= 11 is 0. The number of aromatic nitrogens is 2. The zero-order valence-corrected chi connectivity index (χ0v) is 11.1. The molecule has 1 aromatic heterocycles. The Kier molecular flexibility index (Phi) is 4.30. The van der Waals surface area contributed by atoms with Gasteiger partial charge in [-0.2, -0.15) is 5.10 Å². The predicted molar refractivity (Wildman–Crippen MR) is 67.6 cm³/mol. The second-order valence-electron chi connectivity index (χ2n) is 4.34. The number of rotatable bonds is 4. The predicted octanol–water partition coefficient (Wildman–Crippen LogP) is 0.292. The first-order chi connectivity index (χ1) is 8.36. The Bertz CT molecular complexity index is 478. The molecule has 0 aliphatic heterocycles. The van der Waals surface area contributed by atoms with Crippen molar-refractivity contribution in [1.82, 2.24) is 15.1 Å². The first-order valence-electron chi connectivity index (χ1n) is 5.64. The van der Waals surface area contributed by atoms with E-state index in [9.17, 15) is 4.79 Å². The average Bonchev–Trinajstić information content (AvgIpc) is 2.52. The fourth-order valence-corrected chi connectivity index (χ4v) is 1.80. The van der Waals surface area contributed by atoms with Gasteiger partial charge in [0.2, 0.25) is 0 Å². The molecular weight excluding hydrogens is 234 g/mol. The molecule has 100 valence electrons. The van der Waals surface area contributed by atoms with Gasteiger partial charge in [0.1, 0.15) is 5.84 Å². The lowest BCUT2D eigenvalue weighted by molar-refractivity contribution is 0.0939. The molecule has 1 amide bonds. The van der Waals surface area contributed by atoms with Crippen molar-refractivity contribution in [3.63, 3.8) is 0 Å². The Morgan fingerprint density at radius 3 is 2.67 bits per heavy atom. The maximum atomic E-state index is 12.1. The molecule has 0 aromatic carbocycles. The van der Waals surface area contributed by atoms with E-state index in [2.05, 4.69) is 15.6 Å². The standard InChI is InChI=1S/C11H19N5O2/c1-6(5-9(12)15-18)13-11(17)10-7(2)14-16(4)8(10)3/h6,18H,5H2,1-4H3,(H2,12,15)(H,13,17). The van der Waals surface area contributed by atoms with Crippen molar-refractivity contribution in [1.29, 1.82) is 0 Å². The summed E-state index contributed by atoms with van der Waals surface area (Å²) < 4.78 is 1.67. The molecule has 1 aromatic rings. The van der Waals surface area contributed by atoms with Crippen molar-refractivity contribution in [2.24, 2.45) is 17.9 Å². The molecule has 18 heavy (non-hydrogen) atoms. The highest BCUT2D eigenvalue weighted by Gasteiger charge is 2.19. The SMILES string of the molecule is Cc1nn(C)c(C)c1C(=O)NC(C)CC(N)=NO. The molecule has 0 bridgehead atoms. The number of carbonyl (C=O) groups excluding carboxylic acids is 1. The minimum Gasteiger partial charge on any atom is -0.409 e. The van der Waals surface area contributed by atoms with Gasteiger partial charge < -0.3 is 16.3 Å². The molecule has 1 rings (SSSR count). The minimum absolute atomic E-state index is 0.0856. The van der Waals surface area contributed by atoms with Crippen LogP contribution in [0.4, 0.5) is 0 Å². The fourth-order valence-electron chi connectivity index (χ4n) is 1.80. The van der Waals surface area contributed by atoms with Gasteiger partial charge in [-0.05, 0) is 20.8 Å². The first-order valence-corrected chi connectivity index (χ1v) is 5.64. The molecule has 0 spiro atoms. The maximum Gasteiger partial charge on any atom is 0.255 e. The number of amidine groups is 1. The third kappa shape index (κ3) is 2.99. The van der Waals surface area contributed by atoms with E-state index in [1.165, 1.54) is 0 Å². The Morgan fingerprint density at radius 1 is 1.61 bits per heavy atom. The zero-order valence-electron chi connectivity index (χ0n) is 11.1. The van der Waals surface area contributed by atoms with Crippen molar-refractivity contribution in [3.05, 3.63) is 17.0 Å². The summed E-state index contributed by atoms with van der Waals surface area (Å²) in [7, 11) is 1.79. The molecular formula is C11H19N5O2. The number of nitrogens with one attached hydrogen (secondary N) is 1. The van der Waals surface area contributed by atoms with E-state index in [0.717, 1.165) is 5.69 Å². The molecule has 0 aliphatic carbocycles. The Hall–Kier alpha value is -2.05. The molecule has 1 unspecified atom stereocenters. The van der Waals surface area contributed by atoms with Gasteiger partial charge >= 0.3 is 0 Å². The van der Waals surface area contributed by atoms with E-state index >= 15 is 0 Å². The summed E-state index contributed by atoms with van der Waals surface area (Å²) in [5, 5.41) is 18.3. The van der Waals surface area contributed by atoms with Gasteiger partial charge in [-0.25, -0.2) is 0 Å². The summed E-state index contributed by atoms with van der Waals surface area (Å²) in [5.41, 5.74) is 7.45. The lowest BCUT2D eigenvalue weighted by Crippen LogP contribution is -2.36. The fraction of sp³-hybridized carbons (Fsp3) is 0.545. The van der Waals surface area contributed by atoms with Crippen LogP contribution in [0.15, 0.2) is 5.16 Å². The smallest absolute Gasteiger partial charge is 0.255 e. The van der Waals surface area contributed by atoms with Crippen molar-refractivity contribution in [3.8, 4) is 0 Å². The average molecular weight is 253 g/mol. The van der Waals surface area contributed by atoms with Crippen LogP contribution in [0, 0.1) is 13.8 Å². The van der Waals surface area contributed by atoms with Crippen LogP contribution in [0.5, 0.6) is 0 Å². The van der Waals surface area contributed by atoms with Crippen LogP contribution in [-0.2, 0) is 7.05 Å².